The van der Waals surface area contributed by atoms with Crippen LogP contribution in [-0.2, 0) is 4.79 Å². The van der Waals surface area contributed by atoms with Crippen molar-refractivity contribution in [3.05, 3.63) is 22.2 Å². The lowest BCUT2D eigenvalue weighted by atomic mass is 10.3. The number of carbonyl (C=O) groups excluding carboxylic acids is 2. The number of imide groups is 1. The molecule has 0 aliphatic heterocycles. The molecule has 9 heteroatoms. The zero-order chi connectivity index (χ0) is 16.0. The summed E-state index contributed by atoms with van der Waals surface area (Å²) in [7, 11) is 0. The number of anilines is 1. The second-order valence-corrected chi connectivity index (χ2v) is 7.61. The third-order valence-corrected chi connectivity index (χ3v) is 6.29. The molecule has 21 heavy (non-hydrogen) atoms. The van der Waals surface area contributed by atoms with Crippen molar-refractivity contribution in [2.45, 2.75) is 16.6 Å². The van der Waals surface area contributed by atoms with E-state index in [1.165, 1.54) is 11.8 Å². The molecule has 1 atom stereocenters. The Hall–Kier alpha value is 0.0500. The highest BCUT2D eigenvalue weighted by Crippen LogP contribution is 2.36. The molecule has 116 valence electrons. The lowest BCUT2D eigenvalue weighted by Crippen LogP contribution is -2.39. The molecule has 4 nitrogen and oxygen atoms in total. The standard InChI is InChI=1S/C12H12Br2Cl2N2O2S/c1-2-21-10-8(15)3-6(4-9(10)16)17-12(20)18-11(19)7(14)5-13/h3-4,7H,2,5H2,1H3,(H2,17,18,19,20). The lowest BCUT2D eigenvalue weighted by molar-refractivity contribution is -0.118. The van der Waals surface area contributed by atoms with Gasteiger partial charge in [-0.05, 0) is 17.9 Å². The van der Waals surface area contributed by atoms with E-state index in [1.54, 1.807) is 12.1 Å². The summed E-state index contributed by atoms with van der Waals surface area (Å²) in [5.74, 6) is 0.389. The molecule has 1 rings (SSSR count). The van der Waals surface area contributed by atoms with Crippen LogP contribution in [-0.4, -0.2) is 27.8 Å². The summed E-state index contributed by atoms with van der Waals surface area (Å²) in [5, 5.41) is 6.02. The van der Waals surface area contributed by atoms with Crippen LogP contribution in [0.25, 0.3) is 0 Å². The molecule has 2 N–H and O–H groups in total. The Morgan fingerprint density at radius 1 is 1.33 bits per heavy atom. The predicted molar refractivity (Wildman–Crippen MR) is 96.5 cm³/mol. The minimum absolute atomic E-state index is 0.396. The highest BCUT2D eigenvalue weighted by atomic mass is 79.9. The van der Waals surface area contributed by atoms with Crippen molar-refractivity contribution >= 4 is 84.4 Å². The molecule has 1 aromatic carbocycles. The number of carbonyl (C=O) groups is 2. The Labute approximate surface area is 154 Å². The number of amides is 3. The maximum atomic E-state index is 11.7. The monoisotopic (exact) mass is 476 g/mol. The number of alkyl halides is 2. The molecule has 1 aromatic rings. The van der Waals surface area contributed by atoms with Crippen LogP contribution < -0.4 is 10.6 Å². The van der Waals surface area contributed by atoms with Crippen molar-refractivity contribution in [3.8, 4) is 0 Å². The van der Waals surface area contributed by atoms with Crippen LogP contribution in [0.5, 0.6) is 0 Å². The molecule has 0 saturated heterocycles. The Morgan fingerprint density at radius 2 is 1.90 bits per heavy atom. The van der Waals surface area contributed by atoms with Gasteiger partial charge in [-0.2, -0.15) is 0 Å². The van der Waals surface area contributed by atoms with Crippen LogP contribution in [0.2, 0.25) is 10.0 Å². The van der Waals surface area contributed by atoms with Crippen LogP contribution in [0.1, 0.15) is 6.92 Å². The van der Waals surface area contributed by atoms with Crippen molar-refractivity contribution in [2.75, 3.05) is 16.4 Å². The fraction of sp³-hybridized carbons (Fsp3) is 0.333. The first-order chi connectivity index (χ1) is 9.88. The Balaban J connectivity index is 2.75. The molecule has 0 aliphatic rings. The zero-order valence-electron chi connectivity index (χ0n) is 10.9. The predicted octanol–water partition coefficient (Wildman–Crippen LogP) is 4.91. The second-order valence-electron chi connectivity index (χ2n) is 3.77. The number of benzene rings is 1. The van der Waals surface area contributed by atoms with E-state index in [0.717, 1.165) is 10.6 Å². The van der Waals surface area contributed by atoms with E-state index in [9.17, 15) is 9.59 Å². The van der Waals surface area contributed by atoms with Crippen LogP contribution in [0.3, 0.4) is 0 Å². The maximum Gasteiger partial charge on any atom is 0.325 e. The van der Waals surface area contributed by atoms with Crippen molar-refractivity contribution in [1.29, 1.82) is 0 Å². The molecule has 1 unspecified atom stereocenters. The van der Waals surface area contributed by atoms with E-state index in [4.69, 9.17) is 23.2 Å². The van der Waals surface area contributed by atoms with Crippen molar-refractivity contribution in [3.63, 3.8) is 0 Å². The van der Waals surface area contributed by atoms with E-state index in [2.05, 4.69) is 42.5 Å². The molecule has 0 bridgehead atoms. The van der Waals surface area contributed by atoms with Gasteiger partial charge >= 0.3 is 6.03 Å². The number of rotatable bonds is 5. The third kappa shape index (κ3) is 5.98. The molecule has 0 fully saturated rings. The molecule has 0 aromatic heterocycles. The smallest absolute Gasteiger partial charge is 0.308 e. The first-order valence-corrected chi connectivity index (χ1v) is 9.60. The normalized spacial score (nSPS) is 11.9. The van der Waals surface area contributed by atoms with Crippen molar-refractivity contribution in [1.82, 2.24) is 5.32 Å². The lowest BCUT2D eigenvalue weighted by Gasteiger charge is -2.11. The van der Waals surface area contributed by atoms with E-state index >= 15 is 0 Å². The molecular weight excluding hydrogens is 467 g/mol. The van der Waals surface area contributed by atoms with Gasteiger partial charge < -0.3 is 5.32 Å². The number of hydrogen-bond acceptors (Lipinski definition) is 3. The minimum Gasteiger partial charge on any atom is -0.308 e. The van der Waals surface area contributed by atoms with Gasteiger partial charge in [0.05, 0.1) is 10.0 Å². The van der Waals surface area contributed by atoms with E-state index in [-0.39, 0.29) is 0 Å². The minimum atomic E-state index is -0.645. The topological polar surface area (TPSA) is 58.2 Å². The molecule has 0 saturated carbocycles. The van der Waals surface area contributed by atoms with Crippen LogP contribution in [0.4, 0.5) is 10.5 Å². The summed E-state index contributed by atoms with van der Waals surface area (Å²) in [5.41, 5.74) is 0.417. The first-order valence-electron chi connectivity index (χ1n) is 5.82. The van der Waals surface area contributed by atoms with Gasteiger partial charge in [0.15, 0.2) is 0 Å². The number of thioether (sulfide) groups is 1. The Kier molecular flexibility index (Phi) is 8.41. The molecule has 0 spiro atoms. The highest BCUT2D eigenvalue weighted by Gasteiger charge is 2.17. The highest BCUT2D eigenvalue weighted by molar-refractivity contribution is 9.12. The first kappa shape index (κ1) is 19.1. The average Bonchev–Trinajstić information content (AvgIpc) is 2.41. The van der Waals surface area contributed by atoms with Gasteiger partial charge in [-0.25, -0.2) is 4.79 Å². The second kappa shape index (κ2) is 9.25. The van der Waals surface area contributed by atoms with Crippen LogP contribution >= 0.6 is 66.8 Å². The quantitative estimate of drug-likeness (QED) is 0.467. The van der Waals surface area contributed by atoms with Gasteiger partial charge in [0.2, 0.25) is 5.91 Å². The van der Waals surface area contributed by atoms with Gasteiger partial charge in [-0.1, -0.05) is 62.0 Å². The number of hydrogen-bond donors (Lipinski definition) is 2. The summed E-state index contributed by atoms with van der Waals surface area (Å²) in [6, 6.07) is 2.53. The van der Waals surface area contributed by atoms with Crippen molar-refractivity contribution < 1.29 is 9.59 Å². The molecule has 0 heterocycles. The fourth-order valence-electron chi connectivity index (χ4n) is 1.34. The van der Waals surface area contributed by atoms with E-state index < -0.39 is 16.8 Å². The zero-order valence-corrected chi connectivity index (χ0v) is 16.4. The summed E-state index contributed by atoms with van der Waals surface area (Å²) >= 11 is 20.0. The Bertz CT molecular complexity index is 523. The SMILES string of the molecule is CCSc1c(Cl)cc(NC(=O)NC(=O)C(Br)CBr)cc1Cl. The molecular formula is C12H12Br2Cl2N2O2S. The fourth-order valence-corrected chi connectivity index (χ4v) is 3.24. The van der Waals surface area contributed by atoms with E-state index in [1.807, 2.05) is 6.92 Å². The molecule has 0 aliphatic carbocycles. The van der Waals surface area contributed by atoms with Gasteiger partial charge in [0.25, 0.3) is 0 Å². The summed E-state index contributed by atoms with van der Waals surface area (Å²) in [6.45, 7) is 1.99. The molecule has 3 amide bonds. The third-order valence-electron chi connectivity index (χ3n) is 2.20. The number of halogens is 4. The van der Waals surface area contributed by atoms with Gasteiger partial charge in [0.1, 0.15) is 4.83 Å². The maximum absolute atomic E-state index is 11.7. The Morgan fingerprint density at radius 3 is 2.38 bits per heavy atom. The van der Waals surface area contributed by atoms with Crippen LogP contribution in [0.15, 0.2) is 17.0 Å². The van der Waals surface area contributed by atoms with Crippen LogP contribution in [0, 0.1) is 0 Å². The van der Waals surface area contributed by atoms with E-state index in [0.29, 0.717) is 21.1 Å². The summed E-state index contributed by atoms with van der Waals surface area (Å²) in [4.78, 5) is 23.5. The summed E-state index contributed by atoms with van der Waals surface area (Å²) in [6.07, 6.45) is 0. The average molecular weight is 479 g/mol. The van der Waals surface area contributed by atoms with Gasteiger partial charge in [0, 0.05) is 15.9 Å². The largest absolute Gasteiger partial charge is 0.325 e. The van der Waals surface area contributed by atoms with Gasteiger partial charge in [-0.15, -0.1) is 11.8 Å². The van der Waals surface area contributed by atoms with Gasteiger partial charge in [-0.3, -0.25) is 10.1 Å². The molecule has 0 radical (unpaired) electrons. The number of urea groups is 1. The number of nitrogens with one attached hydrogen (secondary N) is 2. The summed E-state index contributed by atoms with van der Waals surface area (Å²) < 4.78 is 0. The van der Waals surface area contributed by atoms with Crippen molar-refractivity contribution in [2.24, 2.45) is 0 Å².